The molecule has 0 aliphatic rings. The zero-order chi connectivity index (χ0) is 14.7. The summed E-state index contributed by atoms with van der Waals surface area (Å²) in [5.74, 6) is -1.62. The number of hydrogen-bond acceptors (Lipinski definition) is 5. The standard InChI is InChI=1S/C12H9FN4O3/c13-8-4-3-7(6-10(8)17(19)20)16-12(18)11-9(14)2-1-5-15-11/h1-6H,14H2,(H,16,18). The third-order valence-electron chi connectivity index (χ3n) is 2.45. The van der Waals surface area contributed by atoms with E-state index in [4.69, 9.17) is 5.73 Å². The van der Waals surface area contributed by atoms with E-state index in [1.54, 1.807) is 6.07 Å². The van der Waals surface area contributed by atoms with Crippen molar-refractivity contribution in [2.24, 2.45) is 0 Å². The van der Waals surface area contributed by atoms with Gasteiger partial charge in [0.2, 0.25) is 5.82 Å². The highest BCUT2D eigenvalue weighted by molar-refractivity contribution is 6.06. The van der Waals surface area contributed by atoms with E-state index in [9.17, 15) is 19.3 Å². The summed E-state index contributed by atoms with van der Waals surface area (Å²) in [6.07, 6.45) is 1.39. The minimum absolute atomic E-state index is 0.0144. The third-order valence-corrected chi connectivity index (χ3v) is 2.45. The molecule has 1 amide bonds. The molecule has 102 valence electrons. The van der Waals surface area contributed by atoms with Crippen LogP contribution in [0, 0.1) is 15.9 Å². The number of nitrogens with two attached hydrogens (primary N) is 1. The number of nitro groups is 1. The van der Waals surface area contributed by atoms with Crippen LogP contribution in [0.1, 0.15) is 10.5 Å². The van der Waals surface area contributed by atoms with Gasteiger partial charge in [-0.3, -0.25) is 14.9 Å². The van der Waals surface area contributed by atoms with Gasteiger partial charge in [0.15, 0.2) is 5.69 Å². The maximum atomic E-state index is 13.2. The number of halogens is 1. The molecule has 0 spiro atoms. The molecular formula is C12H9FN4O3. The van der Waals surface area contributed by atoms with Gasteiger partial charge in [-0.2, -0.15) is 4.39 Å². The van der Waals surface area contributed by atoms with Gasteiger partial charge in [0.25, 0.3) is 5.91 Å². The van der Waals surface area contributed by atoms with Crippen LogP contribution in [-0.2, 0) is 0 Å². The molecule has 0 aliphatic heterocycles. The van der Waals surface area contributed by atoms with Gasteiger partial charge in [-0.15, -0.1) is 0 Å². The molecule has 0 atom stereocenters. The zero-order valence-corrected chi connectivity index (χ0v) is 10.0. The fourth-order valence-electron chi connectivity index (χ4n) is 1.53. The van der Waals surface area contributed by atoms with E-state index < -0.39 is 22.3 Å². The number of nitro benzene ring substituents is 1. The Kier molecular flexibility index (Phi) is 3.56. The van der Waals surface area contributed by atoms with Gasteiger partial charge in [0, 0.05) is 18.0 Å². The Morgan fingerprint density at radius 2 is 2.15 bits per heavy atom. The van der Waals surface area contributed by atoms with Crippen LogP contribution in [0.25, 0.3) is 0 Å². The van der Waals surface area contributed by atoms with Crippen LogP contribution in [0.5, 0.6) is 0 Å². The van der Waals surface area contributed by atoms with Crippen molar-refractivity contribution in [2.75, 3.05) is 11.1 Å². The molecule has 0 radical (unpaired) electrons. The van der Waals surface area contributed by atoms with Crippen molar-refractivity contribution in [1.82, 2.24) is 4.98 Å². The van der Waals surface area contributed by atoms with Crippen molar-refractivity contribution in [3.05, 3.63) is 58.2 Å². The smallest absolute Gasteiger partial charge is 0.306 e. The molecule has 0 aliphatic carbocycles. The molecule has 3 N–H and O–H groups in total. The topological polar surface area (TPSA) is 111 Å². The highest BCUT2D eigenvalue weighted by Gasteiger charge is 2.17. The van der Waals surface area contributed by atoms with E-state index >= 15 is 0 Å². The molecular weight excluding hydrogens is 267 g/mol. The van der Waals surface area contributed by atoms with Gasteiger partial charge in [0.1, 0.15) is 0 Å². The lowest BCUT2D eigenvalue weighted by Crippen LogP contribution is -2.15. The average Bonchev–Trinajstić information content (AvgIpc) is 2.41. The Balaban J connectivity index is 2.27. The van der Waals surface area contributed by atoms with Crippen molar-refractivity contribution < 1.29 is 14.1 Å². The van der Waals surface area contributed by atoms with Crippen molar-refractivity contribution in [2.45, 2.75) is 0 Å². The maximum Gasteiger partial charge on any atom is 0.306 e. The second-order valence-corrected chi connectivity index (χ2v) is 3.82. The number of pyridine rings is 1. The van der Waals surface area contributed by atoms with Crippen molar-refractivity contribution in [3.8, 4) is 0 Å². The first kappa shape index (κ1) is 13.4. The molecule has 1 heterocycles. The van der Waals surface area contributed by atoms with Crippen molar-refractivity contribution in [1.29, 1.82) is 0 Å². The van der Waals surface area contributed by atoms with Crippen LogP contribution in [0.15, 0.2) is 36.5 Å². The van der Waals surface area contributed by atoms with Crippen molar-refractivity contribution >= 4 is 23.0 Å². The highest BCUT2D eigenvalue weighted by Crippen LogP contribution is 2.22. The number of amides is 1. The Morgan fingerprint density at radius 3 is 2.80 bits per heavy atom. The second kappa shape index (κ2) is 5.31. The first-order valence-electron chi connectivity index (χ1n) is 5.45. The van der Waals surface area contributed by atoms with Gasteiger partial charge >= 0.3 is 5.69 Å². The number of carbonyl (C=O) groups is 1. The molecule has 20 heavy (non-hydrogen) atoms. The summed E-state index contributed by atoms with van der Waals surface area (Å²) in [6.45, 7) is 0. The van der Waals surface area contributed by atoms with Crippen LogP contribution in [0.3, 0.4) is 0 Å². The SMILES string of the molecule is Nc1cccnc1C(=O)Nc1ccc(F)c([N+](=O)[O-])c1. The minimum Gasteiger partial charge on any atom is -0.397 e. The molecule has 8 heteroatoms. The van der Waals surface area contributed by atoms with Crippen LogP contribution < -0.4 is 11.1 Å². The third kappa shape index (κ3) is 2.69. The zero-order valence-electron chi connectivity index (χ0n) is 10.0. The summed E-state index contributed by atoms with van der Waals surface area (Å²) in [5, 5.41) is 13.0. The van der Waals surface area contributed by atoms with Gasteiger partial charge < -0.3 is 11.1 Å². The van der Waals surface area contributed by atoms with Crippen LogP contribution in [0.2, 0.25) is 0 Å². The molecule has 0 bridgehead atoms. The highest BCUT2D eigenvalue weighted by atomic mass is 19.1. The lowest BCUT2D eigenvalue weighted by atomic mass is 10.2. The second-order valence-electron chi connectivity index (χ2n) is 3.82. The summed E-state index contributed by atoms with van der Waals surface area (Å²) in [4.78, 5) is 25.4. The quantitative estimate of drug-likeness (QED) is 0.657. The number of carbonyl (C=O) groups excluding carboxylic acids is 1. The molecule has 2 rings (SSSR count). The molecule has 0 fully saturated rings. The molecule has 1 aromatic heterocycles. The van der Waals surface area contributed by atoms with E-state index in [2.05, 4.69) is 10.3 Å². The van der Waals surface area contributed by atoms with Crippen molar-refractivity contribution in [3.63, 3.8) is 0 Å². The number of anilines is 2. The lowest BCUT2D eigenvalue weighted by molar-refractivity contribution is -0.387. The number of aromatic nitrogens is 1. The fraction of sp³-hybridized carbons (Fsp3) is 0. The van der Waals surface area contributed by atoms with E-state index in [1.807, 2.05) is 0 Å². The minimum atomic E-state index is -0.981. The summed E-state index contributed by atoms with van der Waals surface area (Å²) < 4.78 is 13.2. The summed E-state index contributed by atoms with van der Waals surface area (Å²) in [6, 6.07) is 6.09. The molecule has 1 aromatic carbocycles. The van der Waals surface area contributed by atoms with Gasteiger partial charge in [-0.1, -0.05) is 0 Å². The number of nitrogens with zero attached hydrogens (tertiary/aromatic N) is 2. The molecule has 0 unspecified atom stereocenters. The van der Waals surface area contributed by atoms with E-state index in [-0.39, 0.29) is 17.1 Å². The van der Waals surface area contributed by atoms with E-state index in [1.165, 1.54) is 18.3 Å². The number of nitrogen functional groups attached to an aromatic ring is 1. The summed E-state index contributed by atoms with van der Waals surface area (Å²) in [7, 11) is 0. The number of nitrogens with one attached hydrogen (secondary N) is 1. The Bertz CT molecular complexity index is 690. The first-order valence-corrected chi connectivity index (χ1v) is 5.45. The number of hydrogen-bond donors (Lipinski definition) is 2. The Hall–Kier alpha value is -3.03. The predicted molar refractivity (Wildman–Crippen MR) is 69.7 cm³/mol. The number of benzene rings is 1. The molecule has 0 saturated heterocycles. The van der Waals surface area contributed by atoms with Gasteiger partial charge in [-0.25, -0.2) is 4.98 Å². The number of rotatable bonds is 3. The summed E-state index contributed by atoms with van der Waals surface area (Å²) >= 11 is 0. The summed E-state index contributed by atoms with van der Waals surface area (Å²) in [5.41, 5.74) is 5.09. The Labute approximate surface area is 112 Å². The molecule has 7 nitrogen and oxygen atoms in total. The van der Waals surface area contributed by atoms with Crippen LogP contribution >= 0.6 is 0 Å². The monoisotopic (exact) mass is 276 g/mol. The maximum absolute atomic E-state index is 13.2. The van der Waals surface area contributed by atoms with E-state index in [0.29, 0.717) is 0 Å². The van der Waals surface area contributed by atoms with E-state index in [0.717, 1.165) is 12.1 Å². The van der Waals surface area contributed by atoms with Gasteiger partial charge in [-0.05, 0) is 24.3 Å². The lowest BCUT2D eigenvalue weighted by Gasteiger charge is -2.06. The van der Waals surface area contributed by atoms with Crippen LogP contribution in [-0.4, -0.2) is 15.8 Å². The van der Waals surface area contributed by atoms with Gasteiger partial charge in [0.05, 0.1) is 10.6 Å². The Morgan fingerprint density at radius 1 is 1.40 bits per heavy atom. The normalized spacial score (nSPS) is 10.1. The first-order chi connectivity index (χ1) is 9.49. The average molecular weight is 276 g/mol. The molecule has 2 aromatic rings. The fourth-order valence-corrected chi connectivity index (χ4v) is 1.53. The van der Waals surface area contributed by atoms with Crippen LogP contribution in [0.4, 0.5) is 21.5 Å². The predicted octanol–water partition coefficient (Wildman–Crippen LogP) is 1.96. The molecule has 0 saturated carbocycles. The largest absolute Gasteiger partial charge is 0.397 e.